The van der Waals surface area contributed by atoms with Crippen LogP contribution in [0.5, 0.6) is 5.75 Å². The van der Waals surface area contributed by atoms with E-state index in [1.807, 2.05) is 12.2 Å². The largest absolute Gasteiger partial charge is 0.495 e. The number of para-hydroxylation sites is 2. The summed E-state index contributed by atoms with van der Waals surface area (Å²) in [5, 5.41) is 2.62. The van der Waals surface area contributed by atoms with Crippen LogP contribution in [0.2, 0.25) is 0 Å². The van der Waals surface area contributed by atoms with E-state index in [2.05, 4.69) is 10.0 Å². The van der Waals surface area contributed by atoms with Crippen molar-refractivity contribution in [1.82, 2.24) is 4.90 Å². The first kappa shape index (κ1) is 23.1. The highest BCUT2D eigenvalue weighted by Crippen LogP contribution is 2.52. The molecule has 3 amide bonds. The van der Waals surface area contributed by atoms with Gasteiger partial charge in [0, 0.05) is 5.69 Å². The van der Waals surface area contributed by atoms with Gasteiger partial charge in [0.25, 0.3) is 10.0 Å². The van der Waals surface area contributed by atoms with Gasteiger partial charge in [0.05, 0.1) is 29.5 Å². The number of likely N-dealkylation sites (tertiary alicyclic amines) is 1. The van der Waals surface area contributed by atoms with Crippen molar-refractivity contribution in [1.29, 1.82) is 0 Å². The lowest BCUT2D eigenvalue weighted by atomic mass is 9.85. The number of nitrogens with zero attached hydrogens (tertiary/aromatic N) is 1. The summed E-state index contributed by atoms with van der Waals surface area (Å²) in [6, 6.07) is 11.1. The molecule has 2 bridgehead atoms. The highest BCUT2D eigenvalue weighted by atomic mass is 32.2. The Hall–Kier alpha value is -3.66. The number of methoxy groups -OCH3 is 1. The first-order valence-electron chi connectivity index (χ1n) is 11.3. The Morgan fingerprint density at radius 2 is 1.71 bits per heavy atom. The number of nitrogens with one attached hydrogen (secondary N) is 2. The van der Waals surface area contributed by atoms with Crippen molar-refractivity contribution < 1.29 is 27.5 Å². The Balaban J connectivity index is 1.31. The minimum atomic E-state index is -4.00. The number of rotatable bonds is 7. The van der Waals surface area contributed by atoms with E-state index in [1.165, 1.54) is 13.2 Å². The third-order valence-corrected chi connectivity index (χ3v) is 8.48. The summed E-state index contributed by atoms with van der Waals surface area (Å²) in [7, 11) is -2.55. The lowest BCUT2D eigenvalue weighted by Gasteiger charge is -2.17. The summed E-state index contributed by atoms with van der Waals surface area (Å²) in [5.41, 5.74) is 0.997. The van der Waals surface area contributed by atoms with Crippen LogP contribution in [0.1, 0.15) is 12.0 Å². The van der Waals surface area contributed by atoms with Crippen LogP contribution in [0.15, 0.2) is 59.5 Å². The van der Waals surface area contributed by atoms with Crippen LogP contribution in [0, 0.1) is 30.6 Å². The van der Waals surface area contributed by atoms with Crippen molar-refractivity contribution in [3.8, 4) is 5.75 Å². The molecule has 0 spiro atoms. The van der Waals surface area contributed by atoms with Crippen molar-refractivity contribution >= 4 is 39.1 Å². The SMILES string of the molecule is COc1ccccc1NS(=O)(=O)c1cc(NC(=O)CN2C(=O)[C@H]3[C@H](C2=O)[C@H]2C=C[C@H]3C2)ccc1C. The molecular weight excluding hydrogens is 470 g/mol. The third kappa shape index (κ3) is 3.97. The number of anilines is 2. The van der Waals surface area contributed by atoms with Crippen molar-refractivity contribution in [2.24, 2.45) is 23.7 Å². The molecule has 0 unspecified atom stereocenters. The van der Waals surface area contributed by atoms with E-state index in [-0.39, 0.29) is 51.8 Å². The number of benzene rings is 2. The summed E-state index contributed by atoms with van der Waals surface area (Å²) in [4.78, 5) is 39.4. The van der Waals surface area contributed by atoms with Crippen molar-refractivity contribution in [2.75, 3.05) is 23.7 Å². The molecule has 3 aliphatic rings. The summed E-state index contributed by atoms with van der Waals surface area (Å²) in [6.45, 7) is 1.24. The van der Waals surface area contributed by atoms with Crippen LogP contribution in [-0.4, -0.2) is 44.7 Å². The van der Waals surface area contributed by atoms with E-state index in [1.54, 1.807) is 43.3 Å². The molecule has 1 aliphatic heterocycles. The maximum Gasteiger partial charge on any atom is 0.262 e. The monoisotopic (exact) mass is 495 g/mol. The van der Waals surface area contributed by atoms with Gasteiger partial charge in [0.2, 0.25) is 17.7 Å². The number of hydrogen-bond acceptors (Lipinski definition) is 6. The second kappa shape index (κ2) is 8.53. The molecule has 10 heteroatoms. The molecule has 2 aromatic rings. The Morgan fingerprint density at radius 1 is 1.06 bits per heavy atom. The summed E-state index contributed by atoms with van der Waals surface area (Å²) in [6.07, 6.45) is 4.80. The van der Waals surface area contributed by atoms with E-state index >= 15 is 0 Å². The fourth-order valence-electron chi connectivity index (χ4n) is 5.36. The zero-order valence-corrected chi connectivity index (χ0v) is 20.0. The second-order valence-corrected chi connectivity index (χ2v) is 10.7. The van der Waals surface area contributed by atoms with Crippen LogP contribution in [-0.2, 0) is 24.4 Å². The molecule has 0 aromatic heterocycles. The van der Waals surface area contributed by atoms with E-state index in [4.69, 9.17) is 4.74 Å². The Morgan fingerprint density at radius 3 is 2.37 bits per heavy atom. The topological polar surface area (TPSA) is 122 Å². The maximum absolute atomic E-state index is 13.1. The second-order valence-electron chi connectivity index (χ2n) is 9.10. The Kier molecular flexibility index (Phi) is 5.63. The van der Waals surface area contributed by atoms with Crippen molar-refractivity contribution in [3.63, 3.8) is 0 Å². The lowest BCUT2D eigenvalue weighted by molar-refractivity contribution is -0.143. The minimum Gasteiger partial charge on any atom is -0.495 e. The van der Waals surface area contributed by atoms with Crippen LogP contribution in [0.4, 0.5) is 11.4 Å². The van der Waals surface area contributed by atoms with Gasteiger partial charge in [-0.1, -0.05) is 30.4 Å². The average molecular weight is 496 g/mol. The van der Waals surface area contributed by atoms with Crippen LogP contribution in [0.3, 0.4) is 0 Å². The van der Waals surface area contributed by atoms with E-state index < -0.39 is 22.5 Å². The molecule has 5 rings (SSSR count). The normalized spacial score (nSPS) is 24.6. The van der Waals surface area contributed by atoms with Gasteiger partial charge in [-0.3, -0.25) is 24.0 Å². The first-order valence-corrected chi connectivity index (χ1v) is 12.8. The van der Waals surface area contributed by atoms with E-state index in [0.29, 0.717) is 11.3 Å². The maximum atomic E-state index is 13.1. The average Bonchev–Trinajstić information content (AvgIpc) is 3.50. The number of ether oxygens (including phenoxy) is 1. The Labute approximate surface area is 203 Å². The fourth-order valence-corrected chi connectivity index (χ4v) is 6.70. The van der Waals surface area contributed by atoms with E-state index in [0.717, 1.165) is 11.3 Å². The quantitative estimate of drug-likeness (QED) is 0.450. The molecule has 2 aromatic carbocycles. The molecule has 2 aliphatic carbocycles. The molecule has 1 saturated carbocycles. The molecule has 0 radical (unpaired) electrons. The molecular formula is C25H25N3O6S. The van der Waals surface area contributed by atoms with Crippen molar-refractivity contribution in [3.05, 3.63) is 60.2 Å². The van der Waals surface area contributed by atoms with Crippen LogP contribution < -0.4 is 14.8 Å². The minimum absolute atomic E-state index is 0.0216. The summed E-state index contributed by atoms with van der Waals surface area (Å²) in [5.74, 6) is -1.43. The van der Waals surface area contributed by atoms with Gasteiger partial charge in [-0.05, 0) is 55.0 Å². The zero-order valence-electron chi connectivity index (χ0n) is 19.2. The molecule has 182 valence electrons. The highest BCUT2D eigenvalue weighted by molar-refractivity contribution is 7.92. The number of hydrogen-bond donors (Lipinski definition) is 2. The molecule has 1 saturated heterocycles. The number of aryl methyl sites for hydroxylation is 1. The zero-order chi connectivity index (χ0) is 24.9. The molecule has 1 heterocycles. The third-order valence-electron chi connectivity index (χ3n) is 6.98. The highest BCUT2D eigenvalue weighted by Gasteiger charge is 2.59. The standard InChI is InChI=1S/C25H25N3O6S/c1-14-7-10-17(12-20(14)35(32,33)27-18-5-3-4-6-19(18)34-2)26-21(29)13-28-24(30)22-15-8-9-16(11-15)23(22)25(28)31/h3-10,12,15-16,22-23,27H,11,13H2,1-2H3,(H,26,29)/t15-,16-,22+,23+/m0/s1. The van der Waals surface area contributed by atoms with Gasteiger partial charge in [-0.25, -0.2) is 8.42 Å². The van der Waals surface area contributed by atoms with Crippen molar-refractivity contribution in [2.45, 2.75) is 18.2 Å². The predicted molar refractivity (Wildman–Crippen MR) is 128 cm³/mol. The molecule has 9 nitrogen and oxygen atoms in total. The van der Waals surface area contributed by atoms with Crippen LogP contribution >= 0.6 is 0 Å². The molecule has 2 N–H and O–H groups in total. The van der Waals surface area contributed by atoms with Crippen LogP contribution in [0.25, 0.3) is 0 Å². The first-order chi connectivity index (χ1) is 16.7. The smallest absolute Gasteiger partial charge is 0.262 e. The number of sulfonamides is 1. The number of amides is 3. The number of carbonyl (C=O) groups is 3. The number of fused-ring (bicyclic) bond motifs is 5. The van der Waals surface area contributed by atoms with Gasteiger partial charge < -0.3 is 10.1 Å². The van der Waals surface area contributed by atoms with Gasteiger partial charge in [-0.15, -0.1) is 0 Å². The molecule has 2 fully saturated rings. The lowest BCUT2D eigenvalue weighted by Crippen LogP contribution is -2.39. The van der Waals surface area contributed by atoms with Gasteiger partial charge in [0.1, 0.15) is 12.3 Å². The van der Waals surface area contributed by atoms with E-state index in [9.17, 15) is 22.8 Å². The van der Waals surface area contributed by atoms with Gasteiger partial charge in [-0.2, -0.15) is 0 Å². The molecule has 4 atom stereocenters. The predicted octanol–water partition coefficient (Wildman–Crippen LogP) is 2.55. The van der Waals surface area contributed by atoms with Gasteiger partial charge in [0.15, 0.2) is 0 Å². The number of carbonyl (C=O) groups excluding carboxylic acids is 3. The summed E-state index contributed by atoms with van der Waals surface area (Å²) >= 11 is 0. The van der Waals surface area contributed by atoms with Gasteiger partial charge >= 0.3 is 0 Å². The number of allylic oxidation sites excluding steroid dienone is 2. The number of imide groups is 1. The Bertz CT molecular complexity index is 1340. The summed E-state index contributed by atoms with van der Waals surface area (Å²) < 4.78 is 33.9. The molecule has 35 heavy (non-hydrogen) atoms. The fraction of sp³-hybridized carbons (Fsp3) is 0.320.